The zero-order chi connectivity index (χ0) is 8.55. The number of carboxylic acids is 1. The van der Waals surface area contributed by atoms with Crippen LogP contribution in [0.4, 0.5) is 0 Å². The van der Waals surface area contributed by atoms with Gasteiger partial charge < -0.3 is 5.11 Å². The number of rotatable bonds is 1. The lowest BCUT2D eigenvalue weighted by molar-refractivity contribution is 0.0696. The van der Waals surface area contributed by atoms with Gasteiger partial charge in [-0.25, -0.2) is 4.79 Å². The molecule has 12 heavy (non-hydrogen) atoms. The number of aromatic carboxylic acids is 1. The van der Waals surface area contributed by atoms with E-state index in [0.29, 0.717) is 5.56 Å². The zero-order valence-electron chi connectivity index (χ0n) is 6.41. The number of benzene rings is 1. The van der Waals surface area contributed by atoms with E-state index in [1.165, 1.54) is 5.56 Å². The van der Waals surface area contributed by atoms with Crippen molar-refractivity contribution in [3.8, 4) is 0 Å². The van der Waals surface area contributed by atoms with Gasteiger partial charge in [0.1, 0.15) is 0 Å². The maximum Gasteiger partial charge on any atom is 0.335 e. The summed E-state index contributed by atoms with van der Waals surface area (Å²) in [7, 11) is 0. The first-order valence-corrected chi connectivity index (χ1v) is 4.75. The molecule has 0 spiro atoms. The highest BCUT2D eigenvalue weighted by Gasteiger charge is 2.13. The van der Waals surface area contributed by atoms with E-state index in [-0.39, 0.29) is 0 Å². The molecule has 1 N–H and O–H groups in total. The third kappa shape index (κ3) is 1.20. The number of fused-ring (bicyclic) bond motifs is 1. The van der Waals surface area contributed by atoms with Crippen LogP contribution < -0.4 is 0 Å². The van der Waals surface area contributed by atoms with Gasteiger partial charge in [0.05, 0.1) is 5.56 Å². The Labute approximate surface area is 74.6 Å². The Morgan fingerprint density at radius 3 is 3.08 bits per heavy atom. The Morgan fingerprint density at radius 2 is 2.33 bits per heavy atom. The summed E-state index contributed by atoms with van der Waals surface area (Å²) >= 11 is 1.74. The van der Waals surface area contributed by atoms with E-state index in [4.69, 9.17) is 5.11 Å². The van der Waals surface area contributed by atoms with E-state index in [9.17, 15) is 4.79 Å². The number of carbonyl (C=O) groups is 1. The van der Waals surface area contributed by atoms with Gasteiger partial charge >= 0.3 is 5.97 Å². The van der Waals surface area contributed by atoms with Crippen LogP contribution >= 0.6 is 11.8 Å². The number of hydrogen-bond acceptors (Lipinski definition) is 2. The molecule has 0 atom stereocenters. The van der Waals surface area contributed by atoms with E-state index in [2.05, 4.69) is 0 Å². The highest BCUT2D eigenvalue weighted by Crippen LogP contribution is 2.31. The molecule has 1 aliphatic heterocycles. The van der Waals surface area contributed by atoms with Crippen LogP contribution in [-0.4, -0.2) is 16.8 Å². The zero-order valence-corrected chi connectivity index (χ0v) is 7.23. The van der Waals surface area contributed by atoms with E-state index in [1.54, 1.807) is 23.9 Å². The van der Waals surface area contributed by atoms with Crippen LogP contribution in [0.15, 0.2) is 23.1 Å². The first-order valence-electron chi connectivity index (χ1n) is 3.76. The fourth-order valence-corrected chi connectivity index (χ4v) is 2.41. The van der Waals surface area contributed by atoms with Gasteiger partial charge in [-0.15, -0.1) is 11.8 Å². The van der Waals surface area contributed by atoms with Crippen LogP contribution in [0.25, 0.3) is 0 Å². The highest BCUT2D eigenvalue weighted by atomic mass is 32.2. The third-order valence-corrected chi connectivity index (χ3v) is 3.04. The summed E-state index contributed by atoms with van der Waals surface area (Å²) in [5.74, 6) is 0.239. The molecule has 1 aromatic carbocycles. The Hall–Kier alpha value is -0.960. The molecule has 0 unspecified atom stereocenters. The summed E-state index contributed by atoms with van der Waals surface area (Å²) in [5.41, 5.74) is 1.67. The fraction of sp³-hybridized carbons (Fsp3) is 0.222. The summed E-state index contributed by atoms with van der Waals surface area (Å²) in [6.45, 7) is 0. The minimum Gasteiger partial charge on any atom is -0.478 e. The van der Waals surface area contributed by atoms with Crippen molar-refractivity contribution in [2.75, 3.05) is 5.75 Å². The van der Waals surface area contributed by atoms with Crippen molar-refractivity contribution in [3.05, 3.63) is 29.3 Å². The lowest BCUT2D eigenvalue weighted by atomic mass is 10.1. The second kappa shape index (κ2) is 2.83. The smallest absolute Gasteiger partial charge is 0.335 e. The van der Waals surface area contributed by atoms with Gasteiger partial charge in [0.15, 0.2) is 0 Å². The maximum atomic E-state index is 10.6. The molecule has 0 fully saturated rings. The number of hydrogen-bond donors (Lipinski definition) is 1. The second-order valence-electron chi connectivity index (χ2n) is 2.73. The fourth-order valence-electron chi connectivity index (χ4n) is 1.30. The molecular formula is C9H8O2S. The molecule has 1 aliphatic rings. The average Bonchev–Trinajstić information content (AvgIpc) is 2.49. The number of thioether (sulfide) groups is 1. The molecule has 1 aromatic rings. The van der Waals surface area contributed by atoms with Gasteiger partial charge in [-0.05, 0) is 24.1 Å². The SMILES string of the molecule is O=C(O)c1ccc2c(c1)SCC2. The van der Waals surface area contributed by atoms with E-state index < -0.39 is 5.97 Å². The Kier molecular flexibility index (Phi) is 1.81. The lowest BCUT2D eigenvalue weighted by Gasteiger charge is -1.98. The van der Waals surface area contributed by atoms with Gasteiger partial charge in [0.2, 0.25) is 0 Å². The average molecular weight is 180 g/mol. The van der Waals surface area contributed by atoms with Crippen LogP contribution in [0.1, 0.15) is 15.9 Å². The molecule has 0 bridgehead atoms. The molecule has 3 heteroatoms. The van der Waals surface area contributed by atoms with Gasteiger partial charge in [0, 0.05) is 10.6 Å². The summed E-state index contributed by atoms with van der Waals surface area (Å²) in [6, 6.07) is 5.35. The first-order chi connectivity index (χ1) is 5.77. The summed E-state index contributed by atoms with van der Waals surface area (Å²) < 4.78 is 0. The van der Waals surface area contributed by atoms with Crippen molar-refractivity contribution in [1.82, 2.24) is 0 Å². The number of aryl methyl sites for hydroxylation is 1. The largest absolute Gasteiger partial charge is 0.478 e. The van der Waals surface area contributed by atoms with Gasteiger partial charge in [0.25, 0.3) is 0 Å². The first kappa shape index (κ1) is 7.68. The van der Waals surface area contributed by atoms with Crippen LogP contribution in [0.2, 0.25) is 0 Å². The molecule has 62 valence electrons. The molecule has 0 saturated carbocycles. The van der Waals surface area contributed by atoms with Crippen molar-refractivity contribution < 1.29 is 9.90 Å². The van der Waals surface area contributed by atoms with Gasteiger partial charge in [-0.1, -0.05) is 6.07 Å². The lowest BCUT2D eigenvalue weighted by Crippen LogP contribution is -1.96. The highest BCUT2D eigenvalue weighted by molar-refractivity contribution is 7.99. The van der Waals surface area contributed by atoms with Crippen molar-refractivity contribution in [1.29, 1.82) is 0 Å². The van der Waals surface area contributed by atoms with Crippen molar-refractivity contribution in [2.24, 2.45) is 0 Å². The Balaban J connectivity index is 2.45. The molecule has 0 amide bonds. The predicted molar refractivity (Wildman–Crippen MR) is 47.8 cm³/mol. The predicted octanol–water partition coefficient (Wildman–Crippen LogP) is 2.03. The molecule has 0 saturated heterocycles. The van der Waals surface area contributed by atoms with Crippen LogP contribution in [0, 0.1) is 0 Å². The minimum absolute atomic E-state index is 0.392. The molecule has 0 radical (unpaired) electrons. The van der Waals surface area contributed by atoms with Crippen LogP contribution in [0.5, 0.6) is 0 Å². The van der Waals surface area contributed by atoms with Gasteiger partial charge in [-0.2, -0.15) is 0 Å². The summed E-state index contributed by atoms with van der Waals surface area (Å²) in [4.78, 5) is 11.7. The van der Waals surface area contributed by atoms with Crippen LogP contribution in [-0.2, 0) is 6.42 Å². The van der Waals surface area contributed by atoms with Gasteiger partial charge in [-0.3, -0.25) is 0 Å². The van der Waals surface area contributed by atoms with Crippen molar-refractivity contribution in [2.45, 2.75) is 11.3 Å². The second-order valence-corrected chi connectivity index (χ2v) is 3.86. The molecule has 2 rings (SSSR count). The molecule has 2 nitrogen and oxygen atoms in total. The van der Waals surface area contributed by atoms with Crippen molar-refractivity contribution >= 4 is 17.7 Å². The normalized spacial score (nSPS) is 14.3. The standard InChI is InChI=1S/C9H8O2S/c10-9(11)7-2-1-6-3-4-12-8(6)5-7/h1-2,5H,3-4H2,(H,10,11). The molecule has 1 heterocycles. The molecule has 0 aromatic heterocycles. The monoisotopic (exact) mass is 180 g/mol. The maximum absolute atomic E-state index is 10.6. The summed E-state index contributed by atoms with van der Waals surface area (Å²) in [6.07, 6.45) is 1.07. The van der Waals surface area contributed by atoms with E-state index >= 15 is 0 Å². The Bertz CT molecular complexity index is 333. The molecule has 0 aliphatic carbocycles. The summed E-state index contributed by atoms with van der Waals surface area (Å²) in [5, 5.41) is 8.71. The van der Waals surface area contributed by atoms with E-state index in [0.717, 1.165) is 17.1 Å². The topological polar surface area (TPSA) is 37.3 Å². The number of carboxylic acid groups (broad SMARTS) is 1. The quantitative estimate of drug-likeness (QED) is 0.718. The third-order valence-electron chi connectivity index (χ3n) is 1.94. The van der Waals surface area contributed by atoms with Crippen molar-refractivity contribution in [3.63, 3.8) is 0 Å². The Morgan fingerprint density at radius 1 is 1.50 bits per heavy atom. The van der Waals surface area contributed by atoms with E-state index in [1.807, 2.05) is 6.07 Å². The minimum atomic E-state index is -0.842. The van der Waals surface area contributed by atoms with Crippen LogP contribution in [0.3, 0.4) is 0 Å². The molecular weight excluding hydrogens is 172 g/mol.